The molecule has 0 aliphatic rings. The van der Waals surface area contributed by atoms with Crippen molar-refractivity contribution in [1.82, 2.24) is 4.90 Å². The van der Waals surface area contributed by atoms with Crippen LogP contribution in [0.2, 0.25) is 0 Å². The Bertz CT molecular complexity index is 419. The second-order valence-electron chi connectivity index (χ2n) is 4.37. The number of benzene rings is 1. The molecule has 0 aliphatic heterocycles. The van der Waals surface area contributed by atoms with E-state index in [1.54, 1.807) is 27.1 Å². The first-order valence-corrected chi connectivity index (χ1v) is 5.79. The van der Waals surface area contributed by atoms with Crippen LogP contribution in [0.15, 0.2) is 18.2 Å². The molecule has 0 aromatic heterocycles. The number of amides is 1. The minimum atomic E-state index is -0.456. The molecule has 5 heteroatoms. The van der Waals surface area contributed by atoms with Gasteiger partial charge in [0.25, 0.3) is 0 Å². The van der Waals surface area contributed by atoms with Crippen LogP contribution in [0.3, 0.4) is 0 Å². The zero-order valence-corrected chi connectivity index (χ0v) is 10.9. The Morgan fingerprint density at radius 3 is 2.67 bits per heavy atom. The fourth-order valence-electron chi connectivity index (χ4n) is 1.39. The quantitative estimate of drug-likeness (QED) is 0.870. The first kappa shape index (κ1) is 14.4. The molecule has 0 radical (unpaired) electrons. The molecule has 0 heterocycles. The number of carbonyl (C=O) groups excluding carboxylic acids is 1. The summed E-state index contributed by atoms with van der Waals surface area (Å²) >= 11 is 0. The second kappa shape index (κ2) is 6.35. The van der Waals surface area contributed by atoms with Crippen molar-refractivity contribution in [2.24, 2.45) is 5.73 Å². The lowest BCUT2D eigenvalue weighted by Gasteiger charge is -2.12. The molecule has 1 aromatic rings. The van der Waals surface area contributed by atoms with Crippen molar-refractivity contribution in [3.63, 3.8) is 0 Å². The van der Waals surface area contributed by atoms with Crippen LogP contribution in [0.4, 0.5) is 4.39 Å². The Morgan fingerprint density at radius 1 is 1.50 bits per heavy atom. The van der Waals surface area contributed by atoms with Crippen LogP contribution >= 0.6 is 0 Å². The molecule has 0 spiro atoms. The summed E-state index contributed by atoms with van der Waals surface area (Å²) in [6, 6.07) is 4.39. The molecule has 18 heavy (non-hydrogen) atoms. The van der Waals surface area contributed by atoms with Crippen LogP contribution < -0.4 is 10.5 Å². The molecule has 1 unspecified atom stereocenters. The molecule has 1 atom stereocenters. The van der Waals surface area contributed by atoms with Crippen molar-refractivity contribution < 1.29 is 13.9 Å². The Morgan fingerprint density at radius 2 is 2.17 bits per heavy atom. The van der Waals surface area contributed by atoms with E-state index in [-0.39, 0.29) is 30.7 Å². The number of hydrogen-bond acceptors (Lipinski definition) is 3. The molecule has 1 amide bonds. The molecule has 100 valence electrons. The molecule has 1 aromatic carbocycles. The highest BCUT2D eigenvalue weighted by atomic mass is 19.1. The van der Waals surface area contributed by atoms with Crippen molar-refractivity contribution in [3.8, 4) is 5.75 Å². The number of rotatable bonds is 5. The molecule has 0 fully saturated rings. The maximum atomic E-state index is 13.6. The van der Waals surface area contributed by atoms with Gasteiger partial charge in [-0.1, -0.05) is 6.07 Å². The highest BCUT2D eigenvalue weighted by Crippen LogP contribution is 2.21. The lowest BCUT2D eigenvalue weighted by atomic mass is 10.1. The van der Waals surface area contributed by atoms with Gasteiger partial charge >= 0.3 is 0 Å². The largest absolute Gasteiger partial charge is 0.490 e. The van der Waals surface area contributed by atoms with E-state index < -0.39 is 5.82 Å². The van der Waals surface area contributed by atoms with Crippen LogP contribution in [-0.2, 0) is 4.79 Å². The molecular formula is C13H19FN2O2. The van der Waals surface area contributed by atoms with Crippen molar-refractivity contribution in [2.75, 3.05) is 20.7 Å². The van der Waals surface area contributed by atoms with Crippen LogP contribution in [0.5, 0.6) is 5.75 Å². The topological polar surface area (TPSA) is 55.6 Å². The number of halogens is 1. The van der Waals surface area contributed by atoms with Crippen LogP contribution in [0, 0.1) is 5.82 Å². The number of ether oxygens (including phenoxy) is 1. The highest BCUT2D eigenvalue weighted by Gasteiger charge is 2.09. The summed E-state index contributed by atoms with van der Waals surface area (Å²) in [5.74, 6) is -0.365. The average Bonchev–Trinajstić information content (AvgIpc) is 2.30. The minimum absolute atomic E-state index is 0.0531. The SMILES string of the molecule is CC(N)c1ccc(OCCC(=O)N(C)C)c(F)c1. The summed E-state index contributed by atoms with van der Waals surface area (Å²) in [6.45, 7) is 1.94. The monoisotopic (exact) mass is 254 g/mol. The van der Waals surface area contributed by atoms with Crippen LogP contribution in [-0.4, -0.2) is 31.5 Å². The van der Waals surface area contributed by atoms with E-state index in [4.69, 9.17) is 10.5 Å². The number of hydrogen-bond donors (Lipinski definition) is 1. The van der Waals surface area contributed by atoms with E-state index in [9.17, 15) is 9.18 Å². The number of carbonyl (C=O) groups is 1. The van der Waals surface area contributed by atoms with E-state index in [0.717, 1.165) is 0 Å². The predicted molar refractivity (Wildman–Crippen MR) is 67.8 cm³/mol. The van der Waals surface area contributed by atoms with Gasteiger partial charge in [-0.25, -0.2) is 4.39 Å². The Kier molecular flexibility index (Phi) is 5.09. The maximum Gasteiger partial charge on any atom is 0.225 e. The van der Waals surface area contributed by atoms with Gasteiger partial charge in [0.15, 0.2) is 11.6 Å². The third-order valence-corrected chi connectivity index (χ3v) is 2.55. The van der Waals surface area contributed by atoms with E-state index in [1.165, 1.54) is 17.0 Å². The van der Waals surface area contributed by atoms with Gasteiger partial charge in [-0.3, -0.25) is 4.79 Å². The third kappa shape index (κ3) is 4.00. The summed E-state index contributed by atoms with van der Waals surface area (Å²) in [5, 5.41) is 0. The van der Waals surface area contributed by atoms with Gasteiger partial charge in [0.1, 0.15) is 0 Å². The lowest BCUT2D eigenvalue weighted by molar-refractivity contribution is -0.129. The lowest BCUT2D eigenvalue weighted by Crippen LogP contribution is -2.23. The Labute approximate surface area is 107 Å². The van der Waals surface area contributed by atoms with Crippen LogP contribution in [0.1, 0.15) is 24.9 Å². The van der Waals surface area contributed by atoms with E-state index in [0.29, 0.717) is 5.56 Å². The van der Waals surface area contributed by atoms with Gasteiger partial charge < -0.3 is 15.4 Å². The maximum absolute atomic E-state index is 13.6. The van der Waals surface area contributed by atoms with E-state index >= 15 is 0 Å². The van der Waals surface area contributed by atoms with Crippen molar-refractivity contribution in [1.29, 1.82) is 0 Å². The predicted octanol–water partition coefficient (Wildman–Crippen LogP) is 1.70. The van der Waals surface area contributed by atoms with E-state index in [1.807, 2.05) is 0 Å². The average molecular weight is 254 g/mol. The molecule has 0 saturated heterocycles. The molecule has 0 aliphatic carbocycles. The Hall–Kier alpha value is -1.62. The molecule has 1 rings (SSSR count). The highest BCUT2D eigenvalue weighted by molar-refractivity contribution is 5.75. The third-order valence-electron chi connectivity index (χ3n) is 2.55. The van der Waals surface area contributed by atoms with Crippen molar-refractivity contribution in [2.45, 2.75) is 19.4 Å². The first-order valence-electron chi connectivity index (χ1n) is 5.79. The summed E-state index contributed by atoms with van der Waals surface area (Å²) in [5.41, 5.74) is 6.36. The van der Waals surface area contributed by atoms with Gasteiger partial charge in [0.05, 0.1) is 13.0 Å². The molecule has 2 N–H and O–H groups in total. The smallest absolute Gasteiger partial charge is 0.225 e. The van der Waals surface area contributed by atoms with E-state index in [2.05, 4.69) is 0 Å². The zero-order chi connectivity index (χ0) is 13.7. The van der Waals surface area contributed by atoms with Gasteiger partial charge in [-0.15, -0.1) is 0 Å². The second-order valence-corrected chi connectivity index (χ2v) is 4.37. The van der Waals surface area contributed by atoms with Crippen LogP contribution in [0.25, 0.3) is 0 Å². The summed E-state index contributed by atoms with van der Waals surface area (Å²) in [7, 11) is 3.33. The molecule has 4 nitrogen and oxygen atoms in total. The fourth-order valence-corrected chi connectivity index (χ4v) is 1.39. The van der Waals surface area contributed by atoms with Crippen molar-refractivity contribution in [3.05, 3.63) is 29.6 Å². The minimum Gasteiger partial charge on any atom is -0.490 e. The molecular weight excluding hydrogens is 235 g/mol. The standard InChI is InChI=1S/C13H19FN2O2/c1-9(15)10-4-5-12(11(14)8-10)18-7-6-13(17)16(2)3/h4-5,8-9H,6-7,15H2,1-3H3. The number of nitrogens with zero attached hydrogens (tertiary/aromatic N) is 1. The van der Waals surface area contributed by atoms with Gasteiger partial charge in [-0.05, 0) is 24.6 Å². The molecule has 0 bridgehead atoms. The van der Waals surface area contributed by atoms with Gasteiger partial charge in [-0.2, -0.15) is 0 Å². The van der Waals surface area contributed by atoms with Crippen molar-refractivity contribution >= 4 is 5.91 Å². The summed E-state index contributed by atoms with van der Waals surface area (Å²) < 4.78 is 18.8. The summed E-state index contributed by atoms with van der Waals surface area (Å²) in [4.78, 5) is 12.8. The Balaban J connectivity index is 2.56. The normalized spacial score (nSPS) is 12.1. The molecule has 0 saturated carbocycles. The fraction of sp³-hybridized carbons (Fsp3) is 0.462. The summed E-state index contributed by atoms with van der Waals surface area (Å²) in [6.07, 6.45) is 0.224. The van der Waals surface area contributed by atoms with Gasteiger partial charge in [0, 0.05) is 20.1 Å². The number of nitrogens with two attached hydrogens (primary N) is 1. The van der Waals surface area contributed by atoms with Gasteiger partial charge in [0.2, 0.25) is 5.91 Å². The first-order chi connectivity index (χ1) is 8.41. The zero-order valence-electron chi connectivity index (χ0n) is 10.9.